The maximum atomic E-state index is 12.0. The van der Waals surface area contributed by atoms with Gasteiger partial charge in [-0.25, -0.2) is 9.67 Å². The fourth-order valence-electron chi connectivity index (χ4n) is 4.28. The molecule has 0 spiro atoms. The fourth-order valence-corrected chi connectivity index (χ4v) is 4.52. The van der Waals surface area contributed by atoms with Crippen LogP contribution in [0.25, 0.3) is 22.4 Å². The number of hydrogen-bond donors (Lipinski definition) is 3. The van der Waals surface area contributed by atoms with Gasteiger partial charge in [-0.1, -0.05) is 11.6 Å². The first-order chi connectivity index (χ1) is 19.4. The number of ether oxygens (including phenoxy) is 3. The number of aromatic amines is 1. The average Bonchev–Trinajstić information content (AvgIpc) is 3.60. The van der Waals surface area contributed by atoms with Crippen molar-refractivity contribution in [2.24, 2.45) is 0 Å². The van der Waals surface area contributed by atoms with Crippen LogP contribution in [0.4, 0.5) is 11.6 Å². The molecular weight excluding hydrogens is 538 g/mol. The standard InChI is InChI=1S/C26H32ClN9O4/c1-16(2)30-22(37)15-40-20-5-4-17(12-21(20)38-3)24-32-26(36(34-24)7-6-35-8-10-39-11-9-35)31-19-14-28-25-18(23(19)27)13-29-33-25/h4-5,12-14,16H,6-11,15H2,1-3H3,(H,30,37)(H,28,29,33)(H,31,32,34). The molecule has 0 atom stereocenters. The number of rotatable bonds is 11. The highest BCUT2D eigenvalue weighted by molar-refractivity contribution is 6.37. The first-order valence-corrected chi connectivity index (χ1v) is 13.4. The van der Waals surface area contributed by atoms with E-state index >= 15 is 0 Å². The van der Waals surface area contributed by atoms with Gasteiger partial charge in [-0.05, 0) is 32.0 Å². The predicted molar refractivity (Wildman–Crippen MR) is 150 cm³/mol. The van der Waals surface area contributed by atoms with Crippen LogP contribution in [0.2, 0.25) is 5.02 Å². The number of hydrogen-bond acceptors (Lipinski definition) is 10. The van der Waals surface area contributed by atoms with E-state index in [4.69, 9.17) is 35.9 Å². The largest absolute Gasteiger partial charge is 0.493 e. The molecular formula is C26H32ClN9O4. The quantitative estimate of drug-likeness (QED) is 0.246. The van der Waals surface area contributed by atoms with Gasteiger partial charge in [0.2, 0.25) is 5.95 Å². The summed E-state index contributed by atoms with van der Waals surface area (Å²) in [5, 5.41) is 18.9. The Bertz CT molecular complexity index is 1470. The second-order valence-corrected chi connectivity index (χ2v) is 9.93. The Labute approximate surface area is 236 Å². The lowest BCUT2D eigenvalue weighted by molar-refractivity contribution is -0.123. The third-order valence-electron chi connectivity index (χ3n) is 6.30. The van der Waals surface area contributed by atoms with E-state index in [1.165, 1.54) is 0 Å². The SMILES string of the molecule is COc1cc(-c2nc(Nc3cnc4[nH]ncc4c3Cl)n(CCN3CCOCC3)n2)ccc1OCC(=O)NC(C)C. The molecule has 1 aromatic carbocycles. The van der Waals surface area contributed by atoms with Gasteiger partial charge in [-0.3, -0.25) is 14.8 Å². The molecule has 1 aliphatic rings. The summed E-state index contributed by atoms with van der Waals surface area (Å²) in [7, 11) is 1.54. The summed E-state index contributed by atoms with van der Waals surface area (Å²) in [4.78, 5) is 23.5. The second kappa shape index (κ2) is 12.5. The Balaban J connectivity index is 1.40. The molecule has 1 saturated heterocycles. The minimum Gasteiger partial charge on any atom is -0.493 e. The van der Waals surface area contributed by atoms with Crippen molar-refractivity contribution in [2.75, 3.05) is 51.9 Å². The number of nitrogens with one attached hydrogen (secondary N) is 3. The molecule has 212 valence electrons. The highest BCUT2D eigenvalue weighted by Gasteiger charge is 2.19. The first kappa shape index (κ1) is 27.6. The van der Waals surface area contributed by atoms with Crippen LogP contribution in [0.15, 0.2) is 30.6 Å². The summed E-state index contributed by atoms with van der Waals surface area (Å²) in [5.74, 6) is 1.70. The van der Waals surface area contributed by atoms with Crippen LogP contribution in [0, 0.1) is 0 Å². The van der Waals surface area contributed by atoms with Gasteiger partial charge in [-0.15, -0.1) is 5.10 Å². The number of carbonyl (C=O) groups is 1. The van der Waals surface area contributed by atoms with E-state index in [9.17, 15) is 4.79 Å². The van der Waals surface area contributed by atoms with E-state index in [2.05, 4.69) is 30.7 Å². The molecule has 3 aromatic heterocycles. The van der Waals surface area contributed by atoms with Crippen molar-refractivity contribution in [1.82, 2.24) is 40.2 Å². The average molecular weight is 570 g/mol. The third kappa shape index (κ3) is 6.43. The Morgan fingerprint density at radius 1 is 1.20 bits per heavy atom. The summed E-state index contributed by atoms with van der Waals surface area (Å²) < 4.78 is 18.5. The molecule has 1 aliphatic heterocycles. The van der Waals surface area contributed by atoms with Crippen molar-refractivity contribution in [3.63, 3.8) is 0 Å². The smallest absolute Gasteiger partial charge is 0.258 e. The van der Waals surface area contributed by atoms with Gasteiger partial charge >= 0.3 is 0 Å². The number of anilines is 2. The zero-order valence-corrected chi connectivity index (χ0v) is 23.4. The molecule has 40 heavy (non-hydrogen) atoms. The lowest BCUT2D eigenvalue weighted by Crippen LogP contribution is -2.38. The molecule has 1 amide bonds. The van der Waals surface area contributed by atoms with Crippen LogP contribution in [-0.2, 0) is 16.1 Å². The molecule has 0 bridgehead atoms. The van der Waals surface area contributed by atoms with Crippen LogP contribution >= 0.6 is 11.6 Å². The molecule has 4 heterocycles. The summed E-state index contributed by atoms with van der Waals surface area (Å²) in [5.41, 5.74) is 1.91. The highest BCUT2D eigenvalue weighted by atomic mass is 35.5. The maximum Gasteiger partial charge on any atom is 0.258 e. The van der Waals surface area contributed by atoms with E-state index < -0.39 is 0 Å². The van der Waals surface area contributed by atoms with Crippen LogP contribution in [0.3, 0.4) is 0 Å². The highest BCUT2D eigenvalue weighted by Crippen LogP contribution is 2.33. The number of morpholine rings is 1. The van der Waals surface area contributed by atoms with Crippen LogP contribution < -0.4 is 20.1 Å². The van der Waals surface area contributed by atoms with Gasteiger partial charge in [-0.2, -0.15) is 10.1 Å². The van der Waals surface area contributed by atoms with Crippen LogP contribution in [0.5, 0.6) is 11.5 Å². The normalized spacial score (nSPS) is 14.0. The first-order valence-electron chi connectivity index (χ1n) is 13.0. The number of amides is 1. The minimum atomic E-state index is -0.209. The van der Waals surface area contributed by atoms with Crippen molar-refractivity contribution in [3.05, 3.63) is 35.6 Å². The van der Waals surface area contributed by atoms with Crippen molar-refractivity contribution in [2.45, 2.75) is 26.4 Å². The zero-order chi connectivity index (χ0) is 28.1. The Morgan fingerprint density at radius 3 is 2.80 bits per heavy atom. The molecule has 5 rings (SSSR count). The molecule has 0 radical (unpaired) electrons. The lowest BCUT2D eigenvalue weighted by atomic mass is 10.2. The summed E-state index contributed by atoms with van der Waals surface area (Å²) >= 11 is 6.64. The van der Waals surface area contributed by atoms with E-state index in [1.54, 1.807) is 31.6 Å². The summed E-state index contributed by atoms with van der Waals surface area (Å²) in [6.07, 6.45) is 3.26. The number of halogens is 1. The molecule has 14 heteroatoms. The minimum absolute atomic E-state index is 0.0277. The third-order valence-corrected chi connectivity index (χ3v) is 6.70. The molecule has 0 aliphatic carbocycles. The number of benzene rings is 1. The molecule has 1 fully saturated rings. The monoisotopic (exact) mass is 569 g/mol. The topological polar surface area (TPSA) is 144 Å². The zero-order valence-electron chi connectivity index (χ0n) is 22.6. The number of aromatic nitrogens is 6. The summed E-state index contributed by atoms with van der Waals surface area (Å²) in [6.45, 7) is 8.20. The van der Waals surface area contributed by atoms with E-state index in [1.807, 2.05) is 24.6 Å². The van der Waals surface area contributed by atoms with Crippen molar-refractivity contribution < 1.29 is 19.0 Å². The van der Waals surface area contributed by atoms with E-state index in [0.717, 1.165) is 25.2 Å². The molecule has 0 unspecified atom stereocenters. The molecule has 4 aromatic rings. The fraction of sp³-hybridized carbons (Fsp3) is 0.423. The number of pyridine rings is 1. The van der Waals surface area contributed by atoms with Gasteiger partial charge in [0.05, 0.1) is 55.4 Å². The van der Waals surface area contributed by atoms with Crippen molar-refractivity contribution in [3.8, 4) is 22.9 Å². The van der Waals surface area contributed by atoms with E-state index in [0.29, 0.717) is 64.8 Å². The number of nitrogens with zero attached hydrogens (tertiary/aromatic N) is 6. The van der Waals surface area contributed by atoms with Gasteiger partial charge in [0.15, 0.2) is 29.6 Å². The van der Waals surface area contributed by atoms with Crippen molar-refractivity contribution >= 4 is 40.2 Å². The van der Waals surface area contributed by atoms with Crippen LogP contribution in [-0.4, -0.2) is 93.4 Å². The molecule has 3 N–H and O–H groups in total. The van der Waals surface area contributed by atoms with Gasteiger partial charge < -0.3 is 24.8 Å². The van der Waals surface area contributed by atoms with Crippen LogP contribution in [0.1, 0.15) is 13.8 Å². The summed E-state index contributed by atoms with van der Waals surface area (Å²) in [6, 6.07) is 5.38. The number of carbonyl (C=O) groups excluding carboxylic acids is 1. The second-order valence-electron chi connectivity index (χ2n) is 9.56. The Morgan fingerprint density at radius 2 is 2.02 bits per heavy atom. The maximum absolute atomic E-state index is 12.0. The van der Waals surface area contributed by atoms with E-state index in [-0.39, 0.29) is 18.6 Å². The van der Waals surface area contributed by atoms with Gasteiger partial charge in [0, 0.05) is 31.2 Å². The lowest BCUT2D eigenvalue weighted by Gasteiger charge is -2.26. The number of fused-ring (bicyclic) bond motifs is 1. The molecule has 0 saturated carbocycles. The predicted octanol–water partition coefficient (Wildman–Crippen LogP) is 2.86. The molecule has 13 nitrogen and oxygen atoms in total. The number of H-pyrrole nitrogens is 1. The Hall–Kier alpha value is -3.94. The number of methoxy groups -OCH3 is 1. The van der Waals surface area contributed by atoms with Crippen molar-refractivity contribution in [1.29, 1.82) is 0 Å². The van der Waals surface area contributed by atoms with Gasteiger partial charge in [0.1, 0.15) is 0 Å². The van der Waals surface area contributed by atoms with Gasteiger partial charge in [0.25, 0.3) is 5.91 Å². The Kier molecular flexibility index (Phi) is 8.63.